The molecule has 0 unspecified atom stereocenters. The van der Waals surface area contributed by atoms with Crippen molar-refractivity contribution in [2.75, 3.05) is 11.9 Å². The summed E-state index contributed by atoms with van der Waals surface area (Å²) in [5.41, 5.74) is 2.04. The molecule has 0 aliphatic rings. The largest absolute Gasteiger partial charge is 0.494 e. The summed E-state index contributed by atoms with van der Waals surface area (Å²) in [7, 11) is 0. The van der Waals surface area contributed by atoms with E-state index in [0.29, 0.717) is 29.2 Å². The van der Waals surface area contributed by atoms with Crippen molar-refractivity contribution in [3.05, 3.63) is 107 Å². The number of anilines is 1. The van der Waals surface area contributed by atoms with Gasteiger partial charge in [0.25, 0.3) is 5.91 Å². The number of carbonyl (C=O) groups excluding carboxylic acids is 1. The number of nitrogens with zero attached hydrogens (tertiary/aromatic N) is 2. The lowest BCUT2D eigenvalue weighted by Crippen LogP contribution is -2.13. The SMILES string of the molecule is CCOc1ccc(NC(=O)c2cn(Cc3cccc(F)c3)nc2OCc2cccc(F)c2)cc1. The van der Waals surface area contributed by atoms with E-state index in [1.54, 1.807) is 48.5 Å². The summed E-state index contributed by atoms with van der Waals surface area (Å²) in [6.45, 7) is 2.70. The van der Waals surface area contributed by atoms with Crippen molar-refractivity contribution < 1.29 is 23.0 Å². The topological polar surface area (TPSA) is 65.4 Å². The second kappa shape index (κ2) is 10.6. The van der Waals surface area contributed by atoms with Gasteiger partial charge in [0.1, 0.15) is 29.6 Å². The Morgan fingerprint density at radius 1 is 0.941 bits per heavy atom. The first-order valence-corrected chi connectivity index (χ1v) is 10.7. The Morgan fingerprint density at radius 2 is 1.62 bits per heavy atom. The molecule has 0 bridgehead atoms. The highest BCUT2D eigenvalue weighted by atomic mass is 19.1. The van der Waals surface area contributed by atoms with Gasteiger partial charge in [-0.25, -0.2) is 8.78 Å². The molecule has 0 aliphatic heterocycles. The van der Waals surface area contributed by atoms with Gasteiger partial charge in [-0.2, -0.15) is 0 Å². The molecule has 1 heterocycles. The number of ether oxygens (including phenoxy) is 2. The van der Waals surface area contributed by atoms with Gasteiger partial charge < -0.3 is 14.8 Å². The van der Waals surface area contributed by atoms with Gasteiger partial charge in [0, 0.05) is 11.9 Å². The van der Waals surface area contributed by atoms with Gasteiger partial charge in [0.05, 0.1) is 13.2 Å². The zero-order valence-corrected chi connectivity index (χ0v) is 18.5. The molecule has 0 saturated carbocycles. The minimum atomic E-state index is -0.427. The minimum absolute atomic E-state index is 0.0259. The molecule has 8 heteroatoms. The highest BCUT2D eigenvalue weighted by Crippen LogP contribution is 2.22. The van der Waals surface area contributed by atoms with Crippen LogP contribution in [0.2, 0.25) is 0 Å². The predicted molar refractivity (Wildman–Crippen MR) is 124 cm³/mol. The lowest BCUT2D eigenvalue weighted by molar-refractivity contribution is 0.102. The first-order chi connectivity index (χ1) is 16.5. The van der Waals surface area contributed by atoms with E-state index in [-0.39, 0.29) is 36.2 Å². The zero-order valence-electron chi connectivity index (χ0n) is 18.5. The maximum Gasteiger partial charge on any atom is 0.262 e. The molecule has 6 nitrogen and oxygen atoms in total. The number of amides is 1. The number of hydrogen-bond acceptors (Lipinski definition) is 4. The average molecular weight is 463 g/mol. The standard InChI is InChI=1S/C26H23F2N3O3/c1-2-33-23-11-9-22(10-12-23)29-25(32)24-16-31(15-18-5-3-7-20(27)13-18)30-26(24)34-17-19-6-4-8-21(28)14-19/h3-14,16H,2,15,17H2,1H3,(H,29,32). The number of halogens is 2. The Kier molecular flexibility index (Phi) is 7.17. The van der Waals surface area contributed by atoms with E-state index in [9.17, 15) is 13.6 Å². The van der Waals surface area contributed by atoms with Crippen LogP contribution in [0.1, 0.15) is 28.4 Å². The van der Waals surface area contributed by atoms with Gasteiger partial charge in [0.2, 0.25) is 5.88 Å². The molecule has 4 rings (SSSR count). The van der Waals surface area contributed by atoms with E-state index in [2.05, 4.69) is 10.4 Å². The number of nitrogens with one attached hydrogen (secondary N) is 1. The third-order valence-electron chi connectivity index (χ3n) is 4.89. The van der Waals surface area contributed by atoms with Crippen LogP contribution in [-0.2, 0) is 13.2 Å². The lowest BCUT2D eigenvalue weighted by Gasteiger charge is -2.08. The summed E-state index contributed by atoms with van der Waals surface area (Å²) >= 11 is 0. The van der Waals surface area contributed by atoms with Crippen molar-refractivity contribution in [3.63, 3.8) is 0 Å². The van der Waals surface area contributed by atoms with Crippen LogP contribution in [0.5, 0.6) is 11.6 Å². The third-order valence-corrected chi connectivity index (χ3v) is 4.89. The molecule has 1 N–H and O–H groups in total. The van der Waals surface area contributed by atoms with Crippen LogP contribution >= 0.6 is 0 Å². The maximum atomic E-state index is 13.6. The summed E-state index contributed by atoms with van der Waals surface area (Å²) in [5, 5.41) is 7.18. The Bertz CT molecular complexity index is 1270. The molecule has 1 aromatic heterocycles. The van der Waals surface area contributed by atoms with E-state index in [0.717, 1.165) is 0 Å². The normalized spacial score (nSPS) is 10.7. The van der Waals surface area contributed by atoms with Crippen LogP contribution in [0, 0.1) is 11.6 Å². The quantitative estimate of drug-likeness (QED) is 0.359. The van der Waals surface area contributed by atoms with Crippen LogP contribution in [0.15, 0.2) is 79.0 Å². The van der Waals surface area contributed by atoms with Crippen LogP contribution in [-0.4, -0.2) is 22.3 Å². The van der Waals surface area contributed by atoms with Crippen LogP contribution in [0.25, 0.3) is 0 Å². The molecule has 1 amide bonds. The summed E-state index contributed by atoms with van der Waals surface area (Å²) in [6.07, 6.45) is 1.54. The highest BCUT2D eigenvalue weighted by Gasteiger charge is 2.19. The number of aromatic nitrogens is 2. The summed E-state index contributed by atoms with van der Waals surface area (Å²) in [4.78, 5) is 13.0. The minimum Gasteiger partial charge on any atom is -0.494 e. The van der Waals surface area contributed by atoms with Gasteiger partial charge in [-0.15, -0.1) is 5.10 Å². The number of benzene rings is 3. The van der Waals surface area contributed by atoms with Crippen molar-refractivity contribution in [3.8, 4) is 11.6 Å². The lowest BCUT2D eigenvalue weighted by atomic mass is 10.2. The third kappa shape index (κ3) is 5.98. The molecule has 34 heavy (non-hydrogen) atoms. The molecule has 0 radical (unpaired) electrons. The molecule has 0 saturated heterocycles. The molecular formula is C26H23F2N3O3. The molecular weight excluding hydrogens is 440 g/mol. The Labute approximate surface area is 195 Å². The van der Waals surface area contributed by atoms with E-state index in [1.807, 2.05) is 6.92 Å². The number of hydrogen-bond donors (Lipinski definition) is 1. The highest BCUT2D eigenvalue weighted by molar-refractivity contribution is 6.05. The summed E-state index contributed by atoms with van der Waals surface area (Å²) < 4.78 is 39.8. The molecule has 4 aromatic rings. The van der Waals surface area contributed by atoms with E-state index >= 15 is 0 Å². The van der Waals surface area contributed by atoms with Crippen LogP contribution in [0.3, 0.4) is 0 Å². The van der Waals surface area contributed by atoms with Crippen molar-refractivity contribution in [1.82, 2.24) is 9.78 Å². The maximum absolute atomic E-state index is 13.6. The van der Waals surface area contributed by atoms with Gasteiger partial charge in [0.15, 0.2) is 0 Å². The molecule has 174 valence electrons. The fourth-order valence-corrected chi connectivity index (χ4v) is 3.35. The average Bonchev–Trinajstić information content (AvgIpc) is 3.22. The number of rotatable bonds is 9. The van der Waals surface area contributed by atoms with Crippen molar-refractivity contribution in [1.29, 1.82) is 0 Å². The van der Waals surface area contributed by atoms with E-state index in [1.165, 1.54) is 35.1 Å². The summed E-state index contributed by atoms with van der Waals surface area (Å²) in [5.74, 6) is -0.387. The van der Waals surface area contributed by atoms with Crippen LogP contribution in [0.4, 0.5) is 14.5 Å². The first kappa shape index (κ1) is 23.0. The van der Waals surface area contributed by atoms with Crippen molar-refractivity contribution in [2.24, 2.45) is 0 Å². The molecule has 3 aromatic carbocycles. The van der Waals surface area contributed by atoms with Crippen molar-refractivity contribution >= 4 is 11.6 Å². The Morgan fingerprint density at radius 3 is 2.29 bits per heavy atom. The van der Waals surface area contributed by atoms with Gasteiger partial charge in [-0.05, 0) is 66.6 Å². The Hall–Kier alpha value is -4.20. The zero-order chi connectivity index (χ0) is 23.9. The smallest absolute Gasteiger partial charge is 0.262 e. The molecule has 0 spiro atoms. The van der Waals surface area contributed by atoms with Crippen LogP contribution < -0.4 is 14.8 Å². The fraction of sp³-hybridized carbons (Fsp3) is 0.154. The van der Waals surface area contributed by atoms with Gasteiger partial charge >= 0.3 is 0 Å². The first-order valence-electron chi connectivity index (χ1n) is 10.7. The second-order valence-corrected chi connectivity index (χ2v) is 7.51. The predicted octanol–water partition coefficient (Wildman–Crippen LogP) is 5.44. The Balaban J connectivity index is 1.55. The van der Waals surface area contributed by atoms with Gasteiger partial charge in [-0.3, -0.25) is 9.48 Å². The number of carbonyl (C=O) groups is 1. The van der Waals surface area contributed by atoms with E-state index in [4.69, 9.17) is 9.47 Å². The molecule has 0 aliphatic carbocycles. The molecule has 0 atom stereocenters. The fourth-order valence-electron chi connectivity index (χ4n) is 3.35. The molecule has 0 fully saturated rings. The van der Waals surface area contributed by atoms with Gasteiger partial charge in [-0.1, -0.05) is 24.3 Å². The summed E-state index contributed by atoms with van der Waals surface area (Å²) in [6, 6.07) is 19.1. The van der Waals surface area contributed by atoms with E-state index < -0.39 is 5.91 Å². The van der Waals surface area contributed by atoms with Crippen molar-refractivity contribution in [2.45, 2.75) is 20.1 Å². The second-order valence-electron chi connectivity index (χ2n) is 7.51. The monoisotopic (exact) mass is 463 g/mol.